The van der Waals surface area contributed by atoms with Gasteiger partial charge in [0.05, 0.1) is 63.2 Å². The van der Waals surface area contributed by atoms with Crippen LogP contribution >= 0.6 is 0 Å². The molecule has 0 unspecified atom stereocenters. The monoisotopic (exact) mass is 544 g/mol. The summed E-state index contributed by atoms with van der Waals surface area (Å²) < 4.78 is 24.4. The van der Waals surface area contributed by atoms with E-state index in [-0.39, 0.29) is 0 Å². The van der Waals surface area contributed by atoms with Crippen molar-refractivity contribution < 1.29 is 18.9 Å². The predicted octanol–water partition coefficient (Wildman–Crippen LogP) is 4.47. The van der Waals surface area contributed by atoms with Crippen LogP contribution in [0, 0.1) is 0 Å². The number of aromatic nitrogens is 3. The van der Waals surface area contributed by atoms with Gasteiger partial charge in [-0.1, -0.05) is 6.07 Å². The van der Waals surface area contributed by atoms with E-state index in [0.29, 0.717) is 23.5 Å². The molecule has 2 aromatic carbocycles. The fourth-order valence-electron chi connectivity index (χ4n) is 5.78. The average Bonchev–Trinajstić information content (AvgIpc) is 3.44. The number of hydrogen-bond acceptors (Lipinski definition) is 9. The quantitative estimate of drug-likeness (QED) is 0.345. The molecule has 2 saturated heterocycles. The van der Waals surface area contributed by atoms with Gasteiger partial charge in [0.2, 0.25) is 5.95 Å². The number of morpholine rings is 1. The highest BCUT2D eigenvalue weighted by molar-refractivity contribution is 5.77. The number of nitrogens with zero attached hydrogens (tertiary/aromatic N) is 5. The van der Waals surface area contributed by atoms with E-state index < -0.39 is 0 Å². The summed E-state index contributed by atoms with van der Waals surface area (Å²) >= 11 is 0. The van der Waals surface area contributed by atoms with Gasteiger partial charge in [0, 0.05) is 44.0 Å². The molecule has 0 bridgehead atoms. The first-order valence-corrected chi connectivity index (χ1v) is 13.8. The maximum atomic E-state index is 5.78. The Morgan fingerprint density at radius 3 is 2.27 bits per heavy atom. The van der Waals surface area contributed by atoms with Crippen LogP contribution in [0.15, 0.2) is 54.7 Å². The van der Waals surface area contributed by atoms with Crippen LogP contribution in [-0.4, -0.2) is 86.3 Å². The Bertz CT molecular complexity index is 1440. The largest absolute Gasteiger partial charge is 0.496 e. The zero-order valence-corrected chi connectivity index (χ0v) is 23.3. The summed E-state index contributed by atoms with van der Waals surface area (Å²) in [5.41, 5.74) is 4.50. The lowest BCUT2D eigenvalue weighted by Gasteiger charge is -2.40. The van der Waals surface area contributed by atoms with E-state index in [0.717, 1.165) is 86.1 Å². The zero-order chi connectivity index (χ0) is 27.5. The molecular weight excluding hydrogens is 508 g/mol. The molecule has 0 spiro atoms. The van der Waals surface area contributed by atoms with Gasteiger partial charge in [-0.2, -0.15) is 0 Å². The van der Waals surface area contributed by atoms with E-state index in [1.165, 1.54) is 0 Å². The Hall–Kier alpha value is -4.02. The van der Waals surface area contributed by atoms with Crippen LogP contribution in [0.3, 0.4) is 0 Å². The molecule has 2 aliphatic heterocycles. The summed E-state index contributed by atoms with van der Waals surface area (Å²) in [6.07, 6.45) is 4.11. The summed E-state index contributed by atoms with van der Waals surface area (Å²) in [4.78, 5) is 9.58. The van der Waals surface area contributed by atoms with Gasteiger partial charge in [-0.15, -0.1) is 5.10 Å². The van der Waals surface area contributed by atoms with Crippen molar-refractivity contribution in [1.82, 2.24) is 19.5 Å². The SMILES string of the molecule is COc1cc(N2CCC(N3CCOCC3)CC2)ccc1Nc1ncc2ccc(-c3c(OC)cccc3OC)n2n1. The number of fused-ring (bicyclic) bond motifs is 1. The van der Waals surface area contributed by atoms with Gasteiger partial charge in [0.25, 0.3) is 0 Å². The molecular formula is C30H36N6O4. The third-order valence-electron chi connectivity index (χ3n) is 7.91. The van der Waals surface area contributed by atoms with Crippen LogP contribution < -0.4 is 24.4 Å². The van der Waals surface area contributed by atoms with E-state index in [2.05, 4.69) is 32.2 Å². The highest BCUT2D eigenvalue weighted by Crippen LogP contribution is 2.39. The summed E-state index contributed by atoms with van der Waals surface area (Å²) in [6.45, 7) is 5.85. The van der Waals surface area contributed by atoms with E-state index in [1.807, 2.05) is 40.9 Å². The van der Waals surface area contributed by atoms with Crippen molar-refractivity contribution in [2.24, 2.45) is 0 Å². The molecule has 6 rings (SSSR count). The van der Waals surface area contributed by atoms with Gasteiger partial charge in [0.1, 0.15) is 17.2 Å². The lowest BCUT2D eigenvalue weighted by molar-refractivity contribution is 0.0115. The Balaban J connectivity index is 1.22. The highest BCUT2D eigenvalue weighted by atomic mass is 16.5. The van der Waals surface area contributed by atoms with Gasteiger partial charge >= 0.3 is 0 Å². The third-order valence-corrected chi connectivity index (χ3v) is 7.91. The van der Waals surface area contributed by atoms with Crippen molar-refractivity contribution in [3.05, 3.63) is 54.7 Å². The second-order valence-corrected chi connectivity index (χ2v) is 10.1. The summed E-state index contributed by atoms with van der Waals surface area (Å²) in [5, 5.41) is 8.16. The third kappa shape index (κ3) is 5.12. The topological polar surface area (TPSA) is 85.6 Å². The minimum Gasteiger partial charge on any atom is -0.496 e. The van der Waals surface area contributed by atoms with Crippen molar-refractivity contribution in [1.29, 1.82) is 0 Å². The molecule has 2 aliphatic rings. The first kappa shape index (κ1) is 26.2. The van der Waals surface area contributed by atoms with Crippen molar-refractivity contribution in [2.75, 3.05) is 70.9 Å². The first-order valence-electron chi connectivity index (χ1n) is 13.8. The maximum absolute atomic E-state index is 5.78. The van der Waals surface area contributed by atoms with Gasteiger partial charge in [-0.25, -0.2) is 9.50 Å². The van der Waals surface area contributed by atoms with Crippen LogP contribution in [0.2, 0.25) is 0 Å². The summed E-state index contributed by atoms with van der Waals surface area (Å²) in [5.74, 6) is 2.62. The Kier molecular flexibility index (Phi) is 7.61. The van der Waals surface area contributed by atoms with Gasteiger partial charge in [0.15, 0.2) is 0 Å². The number of methoxy groups -OCH3 is 3. The molecule has 4 aromatic rings. The van der Waals surface area contributed by atoms with Crippen molar-refractivity contribution in [3.63, 3.8) is 0 Å². The Morgan fingerprint density at radius 2 is 1.57 bits per heavy atom. The van der Waals surface area contributed by atoms with Crippen LogP contribution in [0.4, 0.5) is 17.3 Å². The zero-order valence-electron chi connectivity index (χ0n) is 23.3. The molecule has 10 heteroatoms. The maximum Gasteiger partial charge on any atom is 0.245 e. The number of rotatable bonds is 8. The molecule has 0 radical (unpaired) electrons. The molecule has 2 aromatic heterocycles. The lowest BCUT2D eigenvalue weighted by atomic mass is 10.0. The molecule has 0 aliphatic carbocycles. The van der Waals surface area contributed by atoms with Crippen LogP contribution in [-0.2, 0) is 4.74 Å². The molecule has 1 N–H and O–H groups in total. The van der Waals surface area contributed by atoms with E-state index in [1.54, 1.807) is 27.5 Å². The minimum absolute atomic E-state index is 0.455. The number of piperidine rings is 1. The van der Waals surface area contributed by atoms with Crippen molar-refractivity contribution >= 4 is 22.8 Å². The number of nitrogens with one attached hydrogen (secondary N) is 1. The molecule has 0 saturated carbocycles. The minimum atomic E-state index is 0.455. The second-order valence-electron chi connectivity index (χ2n) is 10.1. The van der Waals surface area contributed by atoms with Gasteiger partial charge in [-0.3, -0.25) is 4.90 Å². The molecule has 0 atom stereocenters. The summed E-state index contributed by atoms with van der Waals surface area (Å²) in [6, 6.07) is 16.6. The van der Waals surface area contributed by atoms with Crippen molar-refractivity contribution in [2.45, 2.75) is 18.9 Å². The fourth-order valence-corrected chi connectivity index (χ4v) is 5.78. The first-order chi connectivity index (χ1) is 19.7. The number of benzene rings is 2. The number of ether oxygens (including phenoxy) is 4. The molecule has 2 fully saturated rings. The average molecular weight is 545 g/mol. The van der Waals surface area contributed by atoms with Crippen LogP contribution in [0.25, 0.3) is 16.8 Å². The molecule has 210 valence electrons. The van der Waals surface area contributed by atoms with Crippen LogP contribution in [0.1, 0.15) is 12.8 Å². The summed E-state index contributed by atoms with van der Waals surface area (Å²) in [7, 11) is 4.99. The van der Waals surface area contributed by atoms with Gasteiger partial charge < -0.3 is 29.2 Å². The number of anilines is 3. The molecule has 10 nitrogen and oxygen atoms in total. The molecule has 0 amide bonds. The standard InChI is InChI=1S/C30H36N6O4/c1-37-26-5-4-6-27(38-2)29(26)25-10-8-23-20-31-30(33-36(23)25)32-24-9-7-22(19-28(24)39-3)34-13-11-21(12-14-34)35-15-17-40-18-16-35/h4-10,19-21H,11-18H2,1-3H3,(H,32,33). The lowest BCUT2D eigenvalue weighted by Crippen LogP contribution is -2.49. The molecule has 4 heterocycles. The number of hydrogen-bond donors (Lipinski definition) is 1. The van der Waals surface area contributed by atoms with E-state index in [9.17, 15) is 0 Å². The normalized spacial score (nSPS) is 16.7. The Morgan fingerprint density at radius 1 is 0.850 bits per heavy atom. The van der Waals surface area contributed by atoms with Crippen molar-refractivity contribution in [3.8, 4) is 28.5 Å². The smallest absolute Gasteiger partial charge is 0.245 e. The highest BCUT2D eigenvalue weighted by Gasteiger charge is 2.26. The van der Waals surface area contributed by atoms with Crippen LogP contribution in [0.5, 0.6) is 17.2 Å². The van der Waals surface area contributed by atoms with Gasteiger partial charge in [-0.05, 0) is 49.2 Å². The second kappa shape index (κ2) is 11.6. The predicted molar refractivity (Wildman–Crippen MR) is 155 cm³/mol. The fraction of sp³-hybridized carbons (Fsp3) is 0.400. The van der Waals surface area contributed by atoms with E-state index >= 15 is 0 Å². The van der Waals surface area contributed by atoms with E-state index in [4.69, 9.17) is 24.0 Å². The molecule has 40 heavy (non-hydrogen) atoms. The Labute approximate surface area is 234 Å².